The van der Waals surface area contributed by atoms with Crippen LogP contribution in [0.2, 0.25) is 0 Å². The highest BCUT2D eigenvalue weighted by Gasteiger charge is 2.43. The van der Waals surface area contributed by atoms with Crippen LogP contribution >= 0.6 is 0 Å². The molecule has 14 heteroatoms. The van der Waals surface area contributed by atoms with Crippen molar-refractivity contribution in [2.75, 3.05) is 55.0 Å². The predicted octanol–water partition coefficient (Wildman–Crippen LogP) is 4.14. The molecule has 2 aliphatic heterocycles. The van der Waals surface area contributed by atoms with E-state index in [4.69, 9.17) is 9.47 Å². The summed E-state index contributed by atoms with van der Waals surface area (Å²) in [7, 11) is 8.53. The number of benzene rings is 1. The number of nitro groups is 1. The second-order valence-electron chi connectivity index (χ2n) is 15.7. The third kappa shape index (κ3) is 11.2. The smallest absolute Gasteiger partial charge is 0.269 e. The quantitative estimate of drug-likeness (QED) is 0.162. The lowest BCUT2D eigenvalue weighted by Crippen LogP contribution is -2.59. The number of hydrogen-bond acceptors (Lipinski definition) is 9. The van der Waals surface area contributed by atoms with E-state index in [1.807, 2.05) is 41.7 Å². The van der Waals surface area contributed by atoms with Gasteiger partial charge in [-0.1, -0.05) is 59.6 Å². The molecule has 2 fully saturated rings. The fraction of sp³-hybridized carbons (Fsp3) is 0.750. The van der Waals surface area contributed by atoms with E-state index in [2.05, 4.69) is 10.2 Å². The Balaban J connectivity index is 1.73. The van der Waals surface area contributed by atoms with Gasteiger partial charge in [0.25, 0.3) is 5.69 Å². The Bertz CT molecular complexity index is 1430. The van der Waals surface area contributed by atoms with Gasteiger partial charge in [-0.3, -0.25) is 34.2 Å². The number of likely N-dealkylation sites (tertiary alicyclic amines) is 2. The molecule has 14 nitrogen and oxygen atoms in total. The molecule has 0 spiro atoms. The molecule has 0 unspecified atom stereocenters. The van der Waals surface area contributed by atoms with Crippen molar-refractivity contribution in [1.29, 1.82) is 0 Å². The van der Waals surface area contributed by atoms with Gasteiger partial charge in [0.15, 0.2) is 0 Å². The van der Waals surface area contributed by atoms with Gasteiger partial charge in [-0.25, -0.2) is 0 Å². The summed E-state index contributed by atoms with van der Waals surface area (Å²) in [5, 5.41) is 14.3. The van der Waals surface area contributed by atoms with E-state index >= 15 is 0 Å². The van der Waals surface area contributed by atoms with Crippen molar-refractivity contribution >= 4 is 29.3 Å². The van der Waals surface area contributed by atoms with Gasteiger partial charge in [-0.05, 0) is 63.1 Å². The molecule has 8 atom stereocenters. The molecule has 2 aliphatic rings. The number of ether oxygens (including phenoxy) is 2. The van der Waals surface area contributed by atoms with E-state index < -0.39 is 35.1 Å². The molecule has 0 aliphatic carbocycles. The van der Waals surface area contributed by atoms with Crippen LogP contribution in [-0.2, 0) is 35.1 Å². The monoisotopic (exact) mass is 758 g/mol. The molecule has 2 saturated heterocycles. The number of carbonyl (C=O) groups is 4. The maximum atomic E-state index is 14.2. The van der Waals surface area contributed by atoms with Gasteiger partial charge in [-0.2, -0.15) is 0 Å². The predicted molar refractivity (Wildman–Crippen MR) is 208 cm³/mol. The molecule has 2 heterocycles. The van der Waals surface area contributed by atoms with Crippen LogP contribution in [0.25, 0.3) is 0 Å². The summed E-state index contributed by atoms with van der Waals surface area (Å²) >= 11 is 0. The number of amides is 4. The highest BCUT2D eigenvalue weighted by atomic mass is 16.6. The number of likely N-dealkylation sites (N-methyl/N-ethyl adjacent to an activating group) is 3. The Kier molecular flexibility index (Phi) is 17.3. The van der Waals surface area contributed by atoms with Crippen LogP contribution < -0.4 is 5.32 Å². The van der Waals surface area contributed by atoms with Crippen LogP contribution in [0, 0.1) is 27.9 Å². The summed E-state index contributed by atoms with van der Waals surface area (Å²) < 4.78 is 12.0. The standard InChI is InChI=1S/C40H66N6O8/c1-11-27(4)36(44(8)40(50)35(26(2)3)41-38(48)32-18-12-13-21-42(32)6)33(53-9)25-34(47)45-22-15-19-31(45)37(54-10)28(5)39(49)43(7)23-20-29-16-14-17-30(24-29)46(51)52/h14,16-17,24,26-28,31-33,35-37H,11-13,15,18-23,25H2,1-10H3,(H,41,48)/t27-,28+,31-,32+,33+,35-,36-,37+/m0/s1. The first-order valence-corrected chi connectivity index (χ1v) is 19.7. The van der Waals surface area contributed by atoms with Gasteiger partial charge in [0.05, 0.1) is 47.6 Å². The lowest BCUT2D eigenvalue weighted by atomic mass is 9.89. The number of methoxy groups -OCH3 is 2. The Morgan fingerprint density at radius 3 is 2.30 bits per heavy atom. The highest BCUT2D eigenvalue weighted by molar-refractivity contribution is 5.90. The summed E-state index contributed by atoms with van der Waals surface area (Å²) in [6.45, 7) is 11.5. The van der Waals surface area contributed by atoms with Crippen LogP contribution in [0.1, 0.15) is 85.1 Å². The van der Waals surface area contributed by atoms with Crippen molar-refractivity contribution < 1.29 is 33.6 Å². The van der Waals surface area contributed by atoms with Gasteiger partial charge >= 0.3 is 0 Å². The fourth-order valence-corrected chi connectivity index (χ4v) is 8.27. The Morgan fingerprint density at radius 1 is 1.00 bits per heavy atom. The molecular formula is C40H66N6O8. The Labute approximate surface area is 322 Å². The Hall–Kier alpha value is -3.62. The largest absolute Gasteiger partial charge is 0.379 e. The third-order valence-electron chi connectivity index (χ3n) is 11.8. The van der Waals surface area contributed by atoms with E-state index in [1.54, 1.807) is 55.1 Å². The molecule has 3 rings (SSSR count). The first-order valence-electron chi connectivity index (χ1n) is 19.7. The molecule has 1 N–H and O–H groups in total. The number of hydrogen-bond donors (Lipinski definition) is 1. The molecule has 0 saturated carbocycles. The molecular weight excluding hydrogens is 692 g/mol. The van der Waals surface area contributed by atoms with Crippen LogP contribution in [0.5, 0.6) is 0 Å². The van der Waals surface area contributed by atoms with Gasteiger partial charge in [0, 0.05) is 53.5 Å². The number of nitrogens with zero attached hydrogens (tertiary/aromatic N) is 5. The SMILES string of the molecule is CC[C@H](C)[C@@H]([C@@H](CC(=O)N1CCC[C@H]1[C@H](OC)[C@@H](C)C(=O)N(C)CCc1cccc([N+](=O)[O-])c1)OC)N(C)C(=O)[C@@H](NC(=O)[C@H]1CCCCN1C)C(C)C. The van der Waals surface area contributed by atoms with Gasteiger partial charge in [0.2, 0.25) is 23.6 Å². The number of carbonyl (C=O) groups excluding carboxylic acids is 4. The second-order valence-corrected chi connectivity index (χ2v) is 15.7. The van der Waals surface area contributed by atoms with E-state index in [9.17, 15) is 29.3 Å². The number of piperidine rings is 1. The molecule has 1 aromatic rings. The third-order valence-corrected chi connectivity index (χ3v) is 11.8. The first kappa shape index (κ1) is 44.8. The van der Waals surface area contributed by atoms with Crippen molar-refractivity contribution in [2.45, 2.75) is 122 Å². The van der Waals surface area contributed by atoms with Crippen LogP contribution in [-0.4, -0.2) is 140 Å². The summed E-state index contributed by atoms with van der Waals surface area (Å²) in [6.07, 6.45) is 4.28. The molecule has 4 amide bonds. The highest BCUT2D eigenvalue weighted by Crippen LogP contribution is 2.30. The van der Waals surface area contributed by atoms with Crippen LogP contribution in [0.15, 0.2) is 24.3 Å². The number of non-ortho nitro benzene ring substituents is 1. The number of nitrogens with one attached hydrogen (secondary N) is 1. The number of nitro benzene ring substituents is 1. The minimum absolute atomic E-state index is 0.0102. The molecule has 1 aromatic carbocycles. The molecule has 0 aromatic heterocycles. The van der Waals surface area contributed by atoms with E-state index in [-0.39, 0.29) is 59.7 Å². The van der Waals surface area contributed by atoms with Gasteiger partial charge < -0.3 is 29.5 Å². The second kappa shape index (κ2) is 20.9. The minimum atomic E-state index is -0.730. The lowest BCUT2D eigenvalue weighted by molar-refractivity contribution is -0.384. The van der Waals surface area contributed by atoms with Crippen molar-refractivity contribution in [1.82, 2.24) is 24.9 Å². The zero-order valence-electron chi connectivity index (χ0n) is 34.3. The summed E-state index contributed by atoms with van der Waals surface area (Å²) in [4.78, 5) is 73.4. The van der Waals surface area contributed by atoms with E-state index in [0.717, 1.165) is 44.2 Å². The molecule has 0 bridgehead atoms. The topological polar surface area (TPSA) is 155 Å². The normalized spacial score (nSPS) is 21.1. The fourth-order valence-electron chi connectivity index (χ4n) is 8.27. The van der Waals surface area contributed by atoms with Crippen molar-refractivity contribution in [3.63, 3.8) is 0 Å². The van der Waals surface area contributed by atoms with Gasteiger partial charge in [0.1, 0.15) is 6.04 Å². The average molecular weight is 759 g/mol. The summed E-state index contributed by atoms with van der Waals surface area (Å²) in [6, 6.07) is 4.64. The first-order chi connectivity index (χ1) is 25.6. The van der Waals surface area contributed by atoms with E-state index in [1.165, 1.54) is 12.1 Å². The maximum absolute atomic E-state index is 14.2. The maximum Gasteiger partial charge on any atom is 0.269 e. The molecule has 54 heavy (non-hydrogen) atoms. The van der Waals surface area contributed by atoms with E-state index in [0.29, 0.717) is 25.9 Å². The molecule has 304 valence electrons. The lowest BCUT2D eigenvalue weighted by Gasteiger charge is -2.41. The zero-order valence-corrected chi connectivity index (χ0v) is 34.3. The van der Waals surface area contributed by atoms with Crippen molar-refractivity contribution in [3.05, 3.63) is 39.9 Å². The average Bonchev–Trinajstić information content (AvgIpc) is 3.64. The molecule has 0 radical (unpaired) electrons. The van der Waals surface area contributed by atoms with Crippen LogP contribution in [0.4, 0.5) is 5.69 Å². The minimum Gasteiger partial charge on any atom is -0.379 e. The van der Waals surface area contributed by atoms with Crippen LogP contribution in [0.3, 0.4) is 0 Å². The number of rotatable bonds is 19. The summed E-state index contributed by atoms with van der Waals surface area (Å²) in [5.74, 6) is -1.34. The zero-order chi connectivity index (χ0) is 40.3. The van der Waals surface area contributed by atoms with Crippen molar-refractivity contribution in [2.24, 2.45) is 17.8 Å². The summed E-state index contributed by atoms with van der Waals surface area (Å²) in [5.41, 5.74) is 0.774. The Morgan fingerprint density at radius 2 is 1.70 bits per heavy atom. The van der Waals surface area contributed by atoms with Gasteiger partial charge in [-0.15, -0.1) is 0 Å². The van der Waals surface area contributed by atoms with Crippen molar-refractivity contribution in [3.8, 4) is 0 Å².